The molecular formula is C26H20F2N4O2S. The summed E-state index contributed by atoms with van der Waals surface area (Å²) in [5, 5.41) is 8.82. The molecule has 2 aliphatic heterocycles. The van der Waals surface area contributed by atoms with Gasteiger partial charge in [-0.2, -0.15) is 10.1 Å². The van der Waals surface area contributed by atoms with Gasteiger partial charge in [-0.15, -0.1) is 0 Å². The number of amidine groups is 1. The molecule has 1 N–H and O–H groups in total. The molecule has 0 bridgehead atoms. The van der Waals surface area contributed by atoms with E-state index in [9.17, 15) is 18.4 Å². The number of hydrogen-bond donors (Lipinski definition) is 1. The Morgan fingerprint density at radius 1 is 0.971 bits per heavy atom. The number of rotatable bonds is 5. The molecule has 2 aliphatic rings. The summed E-state index contributed by atoms with van der Waals surface area (Å²) in [6, 6.07) is 21.0. The zero-order valence-electron chi connectivity index (χ0n) is 18.4. The highest BCUT2D eigenvalue weighted by atomic mass is 32.2. The van der Waals surface area contributed by atoms with Crippen LogP contribution in [0.1, 0.15) is 30.0 Å². The second-order valence-corrected chi connectivity index (χ2v) is 9.30. The van der Waals surface area contributed by atoms with E-state index in [1.165, 1.54) is 48.2 Å². The van der Waals surface area contributed by atoms with Gasteiger partial charge in [-0.1, -0.05) is 54.2 Å². The van der Waals surface area contributed by atoms with E-state index in [-0.39, 0.29) is 24.2 Å². The maximum absolute atomic E-state index is 13.5. The zero-order valence-corrected chi connectivity index (χ0v) is 19.2. The Labute approximate surface area is 204 Å². The summed E-state index contributed by atoms with van der Waals surface area (Å²) in [5.74, 6) is -1.53. The minimum absolute atomic E-state index is 0.0851. The maximum Gasteiger partial charge on any atom is 0.262 e. The van der Waals surface area contributed by atoms with Gasteiger partial charge >= 0.3 is 0 Å². The Hall–Kier alpha value is -3.85. The number of aliphatic imine (C=N–C) groups is 1. The monoisotopic (exact) mass is 490 g/mol. The molecule has 35 heavy (non-hydrogen) atoms. The number of hydrazone groups is 1. The molecule has 0 fully saturated rings. The van der Waals surface area contributed by atoms with Crippen LogP contribution in [-0.2, 0) is 9.59 Å². The Morgan fingerprint density at radius 3 is 2.31 bits per heavy atom. The lowest BCUT2D eigenvalue weighted by molar-refractivity contribution is -0.121. The molecule has 0 aromatic heterocycles. The molecule has 3 aromatic carbocycles. The number of carbonyl (C=O) groups excluding carboxylic acids is 2. The van der Waals surface area contributed by atoms with Crippen molar-refractivity contribution in [3.63, 3.8) is 0 Å². The van der Waals surface area contributed by atoms with E-state index in [1.807, 2.05) is 30.3 Å². The highest BCUT2D eigenvalue weighted by Crippen LogP contribution is 2.38. The average Bonchev–Trinajstić information content (AvgIpc) is 3.46. The predicted octanol–water partition coefficient (Wildman–Crippen LogP) is 5.14. The van der Waals surface area contributed by atoms with Gasteiger partial charge in [0.25, 0.3) is 5.91 Å². The molecular weight excluding hydrogens is 470 g/mol. The van der Waals surface area contributed by atoms with Crippen LogP contribution >= 0.6 is 11.8 Å². The van der Waals surface area contributed by atoms with Crippen molar-refractivity contribution in [3.05, 3.63) is 102 Å². The van der Waals surface area contributed by atoms with Crippen molar-refractivity contribution in [1.29, 1.82) is 0 Å². The second-order valence-electron chi connectivity index (χ2n) is 8.13. The van der Waals surface area contributed by atoms with Crippen molar-refractivity contribution in [2.75, 3.05) is 5.32 Å². The fourth-order valence-electron chi connectivity index (χ4n) is 3.95. The van der Waals surface area contributed by atoms with E-state index >= 15 is 0 Å². The van der Waals surface area contributed by atoms with Gasteiger partial charge < -0.3 is 5.32 Å². The first kappa shape index (κ1) is 22.9. The quantitative estimate of drug-likeness (QED) is 0.537. The van der Waals surface area contributed by atoms with Crippen LogP contribution in [0.4, 0.5) is 14.5 Å². The van der Waals surface area contributed by atoms with Crippen molar-refractivity contribution < 1.29 is 18.4 Å². The first-order valence-corrected chi connectivity index (χ1v) is 11.9. The predicted molar refractivity (Wildman–Crippen MR) is 132 cm³/mol. The second kappa shape index (κ2) is 9.79. The molecule has 5 rings (SSSR count). The van der Waals surface area contributed by atoms with E-state index < -0.39 is 17.0 Å². The Morgan fingerprint density at radius 2 is 1.63 bits per heavy atom. The number of nitrogens with zero attached hydrogens (tertiary/aromatic N) is 3. The van der Waals surface area contributed by atoms with E-state index in [2.05, 4.69) is 10.3 Å². The summed E-state index contributed by atoms with van der Waals surface area (Å²) in [4.78, 5) is 29.3. The van der Waals surface area contributed by atoms with Crippen LogP contribution in [0.3, 0.4) is 0 Å². The molecule has 2 heterocycles. The molecule has 0 saturated heterocycles. The lowest BCUT2D eigenvalue weighted by atomic mass is 9.99. The van der Waals surface area contributed by atoms with Crippen molar-refractivity contribution in [2.45, 2.75) is 24.1 Å². The number of nitrogens with one attached hydrogen (secondary N) is 1. The van der Waals surface area contributed by atoms with Gasteiger partial charge in [-0.25, -0.2) is 13.8 Å². The average molecular weight is 491 g/mol. The number of thioether (sulfide) groups is 1. The van der Waals surface area contributed by atoms with Gasteiger partial charge in [0.2, 0.25) is 5.91 Å². The van der Waals surface area contributed by atoms with Crippen molar-refractivity contribution in [1.82, 2.24) is 5.01 Å². The van der Waals surface area contributed by atoms with E-state index in [1.54, 1.807) is 17.1 Å². The van der Waals surface area contributed by atoms with Crippen LogP contribution in [0, 0.1) is 11.6 Å². The SMILES string of the molecule is O=C(C[C@@H]1SC(N2N=C(c3ccccc3)C[C@@H]2c2ccc(F)cc2)=NC1=O)Nc1ccc(F)cc1. The Kier molecular flexibility index (Phi) is 6.41. The Balaban J connectivity index is 1.34. The van der Waals surface area contributed by atoms with Crippen LogP contribution in [0.25, 0.3) is 0 Å². The molecule has 2 amide bonds. The third kappa shape index (κ3) is 5.14. The summed E-state index contributed by atoms with van der Waals surface area (Å²) in [6.45, 7) is 0. The number of carbonyl (C=O) groups is 2. The minimum atomic E-state index is -0.699. The van der Waals surface area contributed by atoms with Gasteiger partial charge in [0.05, 0.1) is 11.8 Å². The molecule has 0 spiro atoms. The molecule has 0 unspecified atom stereocenters. The molecule has 9 heteroatoms. The summed E-state index contributed by atoms with van der Waals surface area (Å²) >= 11 is 1.18. The third-order valence-electron chi connectivity index (χ3n) is 5.70. The summed E-state index contributed by atoms with van der Waals surface area (Å²) in [5.41, 5.74) is 3.07. The fraction of sp³-hybridized carbons (Fsp3) is 0.154. The molecule has 176 valence electrons. The standard InChI is InChI=1S/C26H20F2N4O2S/c27-18-8-6-17(7-9-18)22-14-21(16-4-2-1-3-5-16)31-32(22)26-30-25(34)23(35-26)15-24(33)29-20-12-10-19(28)11-13-20/h1-13,22-23H,14-15H2,(H,29,33)/t22-,23+/m1/s1. The van der Waals surface area contributed by atoms with Crippen LogP contribution in [-0.4, -0.2) is 33.0 Å². The minimum Gasteiger partial charge on any atom is -0.326 e. The van der Waals surface area contributed by atoms with Crippen LogP contribution in [0.2, 0.25) is 0 Å². The van der Waals surface area contributed by atoms with Gasteiger partial charge in [-0.3, -0.25) is 9.59 Å². The summed E-state index contributed by atoms with van der Waals surface area (Å²) in [6.07, 6.45) is 0.470. The third-order valence-corrected chi connectivity index (χ3v) is 6.84. The molecule has 0 radical (unpaired) electrons. The van der Waals surface area contributed by atoms with Crippen molar-refractivity contribution in [2.24, 2.45) is 10.1 Å². The number of halogens is 2. The van der Waals surface area contributed by atoms with Crippen LogP contribution < -0.4 is 5.32 Å². The smallest absolute Gasteiger partial charge is 0.262 e. The van der Waals surface area contributed by atoms with E-state index in [4.69, 9.17) is 5.10 Å². The zero-order chi connectivity index (χ0) is 24.4. The van der Waals surface area contributed by atoms with Gasteiger partial charge in [0.15, 0.2) is 5.17 Å². The van der Waals surface area contributed by atoms with Gasteiger partial charge in [0.1, 0.15) is 16.9 Å². The lowest BCUT2D eigenvalue weighted by Crippen LogP contribution is -2.25. The first-order valence-electron chi connectivity index (χ1n) is 11.0. The molecule has 3 aromatic rings. The number of amides is 2. The first-order chi connectivity index (χ1) is 17.0. The van der Waals surface area contributed by atoms with Gasteiger partial charge in [0, 0.05) is 18.5 Å². The fourth-order valence-corrected chi connectivity index (χ4v) is 5.02. The number of hydrogen-bond acceptors (Lipinski definition) is 5. The molecule has 0 aliphatic carbocycles. The van der Waals surface area contributed by atoms with Crippen molar-refractivity contribution >= 4 is 40.1 Å². The lowest BCUT2D eigenvalue weighted by Gasteiger charge is -2.23. The Bertz CT molecular complexity index is 1310. The highest BCUT2D eigenvalue weighted by molar-refractivity contribution is 8.15. The van der Waals surface area contributed by atoms with E-state index in [0.717, 1.165) is 16.8 Å². The summed E-state index contributed by atoms with van der Waals surface area (Å²) in [7, 11) is 0. The molecule has 6 nitrogen and oxygen atoms in total. The van der Waals surface area contributed by atoms with Crippen LogP contribution in [0.5, 0.6) is 0 Å². The largest absolute Gasteiger partial charge is 0.326 e. The molecule has 0 saturated carbocycles. The van der Waals surface area contributed by atoms with Crippen molar-refractivity contribution in [3.8, 4) is 0 Å². The molecule has 2 atom stereocenters. The highest BCUT2D eigenvalue weighted by Gasteiger charge is 2.39. The van der Waals surface area contributed by atoms with Crippen LogP contribution in [0.15, 0.2) is 89.0 Å². The van der Waals surface area contributed by atoms with E-state index in [0.29, 0.717) is 17.3 Å². The topological polar surface area (TPSA) is 74.1 Å². The number of benzene rings is 3. The normalized spacial score (nSPS) is 19.5. The summed E-state index contributed by atoms with van der Waals surface area (Å²) < 4.78 is 26.6. The maximum atomic E-state index is 13.5. The number of anilines is 1. The van der Waals surface area contributed by atoms with Gasteiger partial charge in [-0.05, 0) is 47.5 Å².